The Morgan fingerprint density at radius 3 is 3.04 bits per heavy atom. The van der Waals surface area contributed by atoms with Gasteiger partial charge in [0.05, 0.1) is 22.1 Å². The number of aryl methyl sites for hydroxylation is 1. The number of Topliss-reactive ketones (excluding diaryl/α,β-unsaturated/α-hetero) is 1. The van der Waals surface area contributed by atoms with Crippen molar-refractivity contribution in [2.45, 2.75) is 43.7 Å². The number of thiazole rings is 1. The SMILES string of the molecule is Cc1cc(C(=O)CSc2nc3cc(Cl)ccc3s2)c(C)n1CC1CCCO1. The van der Waals surface area contributed by atoms with Crippen molar-refractivity contribution >= 4 is 50.7 Å². The molecule has 1 atom stereocenters. The molecule has 1 fully saturated rings. The largest absolute Gasteiger partial charge is 0.376 e. The second kappa shape index (κ2) is 7.95. The quantitative estimate of drug-likeness (QED) is 0.389. The van der Waals surface area contributed by atoms with E-state index in [1.165, 1.54) is 11.8 Å². The lowest BCUT2D eigenvalue weighted by molar-refractivity contribution is 0.0957. The first kappa shape index (κ1) is 19.0. The standard InChI is InChI=1S/C20H21ClN2O2S2/c1-12-8-16(13(2)23(12)10-15-4-3-7-25-15)18(24)11-26-20-22-17-9-14(21)5-6-19(17)27-20/h5-6,8-9,15H,3-4,7,10-11H2,1-2H3. The first-order valence-corrected chi connectivity index (χ1v) is 11.2. The number of carbonyl (C=O) groups is 1. The van der Waals surface area contributed by atoms with Crippen molar-refractivity contribution in [3.05, 3.63) is 46.2 Å². The number of nitrogens with zero attached hydrogens (tertiary/aromatic N) is 2. The lowest BCUT2D eigenvalue weighted by Crippen LogP contribution is -2.17. The summed E-state index contributed by atoms with van der Waals surface area (Å²) in [5.41, 5.74) is 3.84. The minimum atomic E-state index is 0.143. The first-order valence-electron chi connectivity index (χ1n) is 9.01. The number of carbonyl (C=O) groups excluding carboxylic acids is 1. The lowest BCUT2D eigenvalue weighted by atomic mass is 10.2. The van der Waals surface area contributed by atoms with Crippen molar-refractivity contribution in [1.82, 2.24) is 9.55 Å². The van der Waals surface area contributed by atoms with Crippen LogP contribution in [-0.2, 0) is 11.3 Å². The maximum absolute atomic E-state index is 12.8. The summed E-state index contributed by atoms with van der Waals surface area (Å²) in [6.45, 7) is 5.76. The van der Waals surface area contributed by atoms with E-state index in [9.17, 15) is 4.79 Å². The molecule has 0 radical (unpaired) electrons. The van der Waals surface area contributed by atoms with Crippen molar-refractivity contribution in [1.29, 1.82) is 0 Å². The average Bonchev–Trinajstić information content (AvgIpc) is 3.35. The minimum Gasteiger partial charge on any atom is -0.376 e. The maximum Gasteiger partial charge on any atom is 0.174 e. The number of ether oxygens (including phenoxy) is 1. The van der Waals surface area contributed by atoms with Crippen LogP contribution in [0.5, 0.6) is 0 Å². The van der Waals surface area contributed by atoms with Gasteiger partial charge in [-0.15, -0.1) is 11.3 Å². The van der Waals surface area contributed by atoms with E-state index in [0.29, 0.717) is 10.8 Å². The molecule has 1 aromatic carbocycles. The van der Waals surface area contributed by atoms with E-state index in [2.05, 4.69) is 16.5 Å². The third-order valence-electron chi connectivity index (χ3n) is 4.94. The van der Waals surface area contributed by atoms with Crippen LogP contribution < -0.4 is 0 Å². The smallest absolute Gasteiger partial charge is 0.174 e. The molecule has 0 bridgehead atoms. The van der Waals surface area contributed by atoms with Gasteiger partial charge in [0, 0.05) is 35.1 Å². The molecular weight excluding hydrogens is 400 g/mol. The summed E-state index contributed by atoms with van der Waals surface area (Å²) in [6.07, 6.45) is 2.49. The minimum absolute atomic E-state index is 0.143. The number of rotatable bonds is 6. The van der Waals surface area contributed by atoms with E-state index in [-0.39, 0.29) is 11.9 Å². The highest BCUT2D eigenvalue weighted by Crippen LogP contribution is 2.31. The van der Waals surface area contributed by atoms with Crippen LogP contribution in [0.25, 0.3) is 10.2 Å². The second-order valence-electron chi connectivity index (χ2n) is 6.83. The highest BCUT2D eigenvalue weighted by Gasteiger charge is 2.21. The van der Waals surface area contributed by atoms with Gasteiger partial charge in [0.15, 0.2) is 10.1 Å². The van der Waals surface area contributed by atoms with Gasteiger partial charge in [-0.1, -0.05) is 23.4 Å². The molecule has 1 aliphatic heterocycles. The summed E-state index contributed by atoms with van der Waals surface area (Å²) >= 11 is 9.11. The third-order valence-corrected chi connectivity index (χ3v) is 7.36. The molecule has 2 aromatic heterocycles. The van der Waals surface area contributed by atoms with Gasteiger partial charge in [0.1, 0.15) is 0 Å². The number of hydrogen-bond donors (Lipinski definition) is 0. The number of thioether (sulfide) groups is 1. The molecule has 1 unspecified atom stereocenters. The fourth-order valence-electron chi connectivity index (χ4n) is 3.50. The number of benzene rings is 1. The summed E-state index contributed by atoms with van der Waals surface area (Å²) in [5.74, 6) is 0.529. The Morgan fingerprint density at radius 1 is 1.41 bits per heavy atom. The Hall–Kier alpha value is -1.34. The zero-order chi connectivity index (χ0) is 19.0. The molecule has 4 rings (SSSR count). The molecule has 1 aliphatic rings. The summed E-state index contributed by atoms with van der Waals surface area (Å²) in [6, 6.07) is 7.70. The van der Waals surface area contributed by atoms with Crippen molar-refractivity contribution in [2.75, 3.05) is 12.4 Å². The van der Waals surface area contributed by atoms with Crippen molar-refractivity contribution in [2.24, 2.45) is 0 Å². The van der Waals surface area contributed by atoms with E-state index in [1.54, 1.807) is 11.3 Å². The Labute approximate surface area is 171 Å². The predicted octanol–water partition coefficient (Wildman–Crippen LogP) is 5.52. The van der Waals surface area contributed by atoms with E-state index in [4.69, 9.17) is 16.3 Å². The topological polar surface area (TPSA) is 44.1 Å². The predicted molar refractivity (Wildman–Crippen MR) is 113 cm³/mol. The van der Waals surface area contributed by atoms with Gasteiger partial charge in [-0.25, -0.2) is 4.98 Å². The monoisotopic (exact) mass is 420 g/mol. The van der Waals surface area contributed by atoms with Crippen LogP contribution >= 0.6 is 34.7 Å². The summed E-state index contributed by atoms with van der Waals surface area (Å²) in [4.78, 5) is 17.4. The molecular formula is C20H21ClN2O2S2. The van der Waals surface area contributed by atoms with E-state index in [1.807, 2.05) is 31.2 Å². The van der Waals surface area contributed by atoms with Gasteiger partial charge in [-0.3, -0.25) is 4.79 Å². The fourth-order valence-corrected chi connectivity index (χ4v) is 5.60. The molecule has 0 spiro atoms. The van der Waals surface area contributed by atoms with Crippen molar-refractivity contribution in [3.8, 4) is 0 Å². The van der Waals surface area contributed by atoms with Crippen LogP contribution in [0.3, 0.4) is 0 Å². The zero-order valence-electron chi connectivity index (χ0n) is 15.3. The van der Waals surface area contributed by atoms with Crippen LogP contribution in [0.15, 0.2) is 28.6 Å². The van der Waals surface area contributed by atoms with Gasteiger partial charge < -0.3 is 9.30 Å². The summed E-state index contributed by atoms with van der Waals surface area (Å²) in [7, 11) is 0. The number of halogens is 1. The van der Waals surface area contributed by atoms with Crippen LogP contribution in [0.4, 0.5) is 0 Å². The molecule has 7 heteroatoms. The number of fused-ring (bicyclic) bond motifs is 1. The molecule has 142 valence electrons. The highest BCUT2D eigenvalue weighted by atomic mass is 35.5. The van der Waals surface area contributed by atoms with Crippen molar-refractivity contribution in [3.63, 3.8) is 0 Å². The zero-order valence-corrected chi connectivity index (χ0v) is 17.7. The highest BCUT2D eigenvalue weighted by molar-refractivity contribution is 8.01. The molecule has 3 heterocycles. The number of aromatic nitrogens is 2. The molecule has 3 aromatic rings. The van der Waals surface area contributed by atoms with E-state index in [0.717, 1.165) is 57.5 Å². The number of hydrogen-bond acceptors (Lipinski definition) is 5. The van der Waals surface area contributed by atoms with E-state index >= 15 is 0 Å². The normalized spacial score (nSPS) is 17.1. The Balaban J connectivity index is 1.45. The van der Waals surface area contributed by atoms with Gasteiger partial charge in [-0.05, 0) is 51.0 Å². The Morgan fingerprint density at radius 2 is 2.26 bits per heavy atom. The maximum atomic E-state index is 12.8. The lowest BCUT2D eigenvalue weighted by Gasteiger charge is -2.14. The molecule has 4 nitrogen and oxygen atoms in total. The molecule has 0 amide bonds. The third kappa shape index (κ3) is 4.09. The van der Waals surface area contributed by atoms with Gasteiger partial charge in [-0.2, -0.15) is 0 Å². The van der Waals surface area contributed by atoms with Crippen LogP contribution in [0, 0.1) is 13.8 Å². The summed E-state index contributed by atoms with van der Waals surface area (Å²) < 4.78 is 9.95. The number of ketones is 1. The molecule has 27 heavy (non-hydrogen) atoms. The molecule has 0 N–H and O–H groups in total. The fraction of sp³-hybridized carbons (Fsp3) is 0.400. The van der Waals surface area contributed by atoms with Crippen LogP contribution in [0.1, 0.15) is 34.6 Å². The summed E-state index contributed by atoms with van der Waals surface area (Å²) in [5, 5.41) is 0.680. The van der Waals surface area contributed by atoms with Gasteiger partial charge in [0.2, 0.25) is 0 Å². The van der Waals surface area contributed by atoms with E-state index < -0.39 is 0 Å². The second-order valence-corrected chi connectivity index (χ2v) is 9.52. The molecule has 0 saturated carbocycles. The first-order chi connectivity index (χ1) is 13.0. The molecule has 1 saturated heterocycles. The van der Waals surface area contributed by atoms with Crippen LogP contribution in [0.2, 0.25) is 5.02 Å². The van der Waals surface area contributed by atoms with Gasteiger partial charge >= 0.3 is 0 Å². The van der Waals surface area contributed by atoms with Crippen molar-refractivity contribution < 1.29 is 9.53 Å². The Kier molecular flexibility index (Phi) is 5.60. The molecule has 0 aliphatic carbocycles. The Bertz CT molecular complexity index is 989. The van der Waals surface area contributed by atoms with Gasteiger partial charge in [0.25, 0.3) is 0 Å². The van der Waals surface area contributed by atoms with Crippen LogP contribution in [-0.4, -0.2) is 33.8 Å². The average molecular weight is 421 g/mol.